The van der Waals surface area contributed by atoms with Crippen molar-refractivity contribution in [2.45, 2.75) is 56.9 Å². The number of hydrogen-bond donors (Lipinski definition) is 1. The van der Waals surface area contributed by atoms with Gasteiger partial charge in [0, 0.05) is 12.6 Å². The van der Waals surface area contributed by atoms with Gasteiger partial charge < -0.3 is 10.2 Å². The summed E-state index contributed by atoms with van der Waals surface area (Å²) in [5.41, 5.74) is -0.973. The highest BCUT2D eigenvalue weighted by atomic mass is 35.5. The molecule has 0 aromatic heterocycles. The minimum atomic E-state index is -4.87. The van der Waals surface area contributed by atoms with Crippen LogP contribution in [0.2, 0.25) is 5.02 Å². The van der Waals surface area contributed by atoms with Crippen molar-refractivity contribution in [3.63, 3.8) is 0 Å². The van der Waals surface area contributed by atoms with Gasteiger partial charge >= 0.3 is 6.18 Å². The summed E-state index contributed by atoms with van der Waals surface area (Å²) in [4.78, 5) is 28.1. The summed E-state index contributed by atoms with van der Waals surface area (Å²) in [6.07, 6.45) is -4.66. The van der Waals surface area contributed by atoms with E-state index in [1.807, 2.05) is 0 Å². The summed E-state index contributed by atoms with van der Waals surface area (Å²) in [5.74, 6) is -1.21. The van der Waals surface area contributed by atoms with Crippen LogP contribution >= 0.6 is 11.6 Å². The van der Waals surface area contributed by atoms with Crippen molar-refractivity contribution in [3.05, 3.63) is 95.0 Å². The third-order valence-corrected chi connectivity index (χ3v) is 8.28. The maximum atomic E-state index is 13.9. The van der Waals surface area contributed by atoms with Crippen LogP contribution in [0.1, 0.15) is 38.3 Å². The molecule has 0 bridgehead atoms. The molecule has 7 nitrogen and oxygen atoms in total. The van der Waals surface area contributed by atoms with Gasteiger partial charge in [0.05, 0.1) is 21.2 Å². The quantitative estimate of drug-likeness (QED) is 0.294. The van der Waals surface area contributed by atoms with E-state index in [0.717, 1.165) is 12.1 Å². The lowest BCUT2D eigenvalue weighted by Gasteiger charge is -2.33. The summed E-state index contributed by atoms with van der Waals surface area (Å²) >= 11 is 5.79. The lowest BCUT2D eigenvalue weighted by atomic mass is 10.1. The second kappa shape index (κ2) is 13.4. The van der Waals surface area contributed by atoms with Gasteiger partial charge in [0.25, 0.3) is 10.0 Å². The van der Waals surface area contributed by atoms with Crippen molar-refractivity contribution in [1.82, 2.24) is 10.2 Å². The Kier molecular flexibility index (Phi) is 10.4. The summed E-state index contributed by atoms with van der Waals surface area (Å²) < 4.78 is 69.3. The van der Waals surface area contributed by atoms with Crippen LogP contribution in [0, 0.1) is 0 Å². The molecular weight excluding hydrogens is 579 g/mol. The van der Waals surface area contributed by atoms with Crippen molar-refractivity contribution in [2.24, 2.45) is 0 Å². The fourth-order valence-electron chi connectivity index (χ4n) is 4.21. The second-order valence-electron chi connectivity index (χ2n) is 9.58. The summed E-state index contributed by atoms with van der Waals surface area (Å²) in [6, 6.07) is 17.3. The first-order valence-electron chi connectivity index (χ1n) is 12.8. The van der Waals surface area contributed by atoms with Crippen LogP contribution in [0.15, 0.2) is 83.8 Å². The van der Waals surface area contributed by atoms with Gasteiger partial charge in [-0.25, -0.2) is 8.42 Å². The van der Waals surface area contributed by atoms with Crippen LogP contribution in [0.5, 0.6) is 0 Å². The van der Waals surface area contributed by atoms with Gasteiger partial charge in [0.15, 0.2) is 0 Å². The Hall–Kier alpha value is -3.57. The standard InChI is InChI=1S/C29H31ClF3N3O4S/c1-4-26(28(38)34-20(2)3)35(18-21-11-7-5-8-12-21)27(37)19-36(41(39,40)23-13-9-6-10-14-23)22-15-16-25(30)24(17-22)29(31,32)33/h5-17,20,26H,4,18-19H2,1-3H3,(H,34,38)/t26-/m0/s1. The van der Waals surface area contributed by atoms with E-state index in [1.54, 1.807) is 57.2 Å². The molecular formula is C29H31ClF3N3O4S. The third kappa shape index (κ3) is 8.01. The Labute approximate surface area is 243 Å². The second-order valence-corrected chi connectivity index (χ2v) is 11.9. The number of hydrogen-bond acceptors (Lipinski definition) is 4. The number of halogens is 4. The van der Waals surface area contributed by atoms with Crippen molar-refractivity contribution in [3.8, 4) is 0 Å². The maximum absolute atomic E-state index is 13.9. The zero-order valence-corrected chi connectivity index (χ0v) is 24.3. The molecule has 3 aromatic carbocycles. The molecule has 0 aliphatic heterocycles. The van der Waals surface area contributed by atoms with Gasteiger partial charge in [0.1, 0.15) is 12.6 Å². The predicted octanol–water partition coefficient (Wildman–Crippen LogP) is 5.89. The monoisotopic (exact) mass is 609 g/mol. The van der Waals surface area contributed by atoms with Crippen LogP contribution in [-0.4, -0.2) is 43.8 Å². The average Bonchev–Trinajstić information content (AvgIpc) is 2.92. The van der Waals surface area contributed by atoms with E-state index in [-0.39, 0.29) is 23.9 Å². The Balaban J connectivity index is 2.13. The van der Waals surface area contributed by atoms with Gasteiger partial charge in [0.2, 0.25) is 11.8 Å². The van der Waals surface area contributed by atoms with Gasteiger partial charge in [-0.2, -0.15) is 13.2 Å². The molecule has 0 radical (unpaired) electrons. The Morgan fingerprint density at radius 2 is 1.54 bits per heavy atom. The number of alkyl halides is 3. The number of carbonyl (C=O) groups excluding carboxylic acids is 2. The van der Waals surface area contributed by atoms with Crippen LogP contribution < -0.4 is 9.62 Å². The lowest BCUT2D eigenvalue weighted by molar-refractivity contribution is -0.140. The molecule has 220 valence electrons. The molecule has 0 saturated heterocycles. The van der Waals surface area contributed by atoms with E-state index in [9.17, 15) is 31.2 Å². The van der Waals surface area contributed by atoms with Gasteiger partial charge in [-0.1, -0.05) is 67.1 Å². The first-order chi connectivity index (χ1) is 19.3. The Bertz CT molecular complexity index is 1450. The van der Waals surface area contributed by atoms with E-state index in [0.29, 0.717) is 15.9 Å². The lowest BCUT2D eigenvalue weighted by Crippen LogP contribution is -2.53. The highest BCUT2D eigenvalue weighted by molar-refractivity contribution is 7.92. The van der Waals surface area contributed by atoms with E-state index in [2.05, 4.69) is 5.32 Å². The largest absolute Gasteiger partial charge is 0.417 e. The van der Waals surface area contributed by atoms with Gasteiger partial charge in [-0.3, -0.25) is 13.9 Å². The molecule has 0 heterocycles. The molecule has 1 atom stereocenters. The molecule has 2 amide bonds. The molecule has 41 heavy (non-hydrogen) atoms. The van der Waals surface area contributed by atoms with E-state index in [1.165, 1.54) is 29.2 Å². The maximum Gasteiger partial charge on any atom is 0.417 e. The molecule has 3 rings (SSSR count). The first-order valence-corrected chi connectivity index (χ1v) is 14.7. The fourth-order valence-corrected chi connectivity index (χ4v) is 5.87. The first kappa shape index (κ1) is 32.0. The van der Waals surface area contributed by atoms with Crippen LogP contribution in [0.3, 0.4) is 0 Å². The van der Waals surface area contributed by atoms with Crippen molar-refractivity contribution < 1.29 is 31.2 Å². The Morgan fingerprint density at radius 1 is 0.951 bits per heavy atom. The SMILES string of the molecule is CC[C@@H](C(=O)NC(C)C)N(Cc1ccccc1)C(=O)CN(c1ccc(Cl)c(C(F)(F)F)c1)S(=O)(=O)c1ccccc1. The molecule has 0 aliphatic carbocycles. The number of nitrogens with one attached hydrogen (secondary N) is 1. The number of carbonyl (C=O) groups is 2. The number of benzene rings is 3. The predicted molar refractivity (Wildman–Crippen MR) is 152 cm³/mol. The highest BCUT2D eigenvalue weighted by Crippen LogP contribution is 2.38. The molecule has 1 N–H and O–H groups in total. The van der Waals surface area contributed by atoms with Crippen LogP contribution in [0.25, 0.3) is 0 Å². The van der Waals surface area contributed by atoms with Gasteiger partial charge in [-0.15, -0.1) is 0 Å². The van der Waals surface area contributed by atoms with E-state index in [4.69, 9.17) is 11.6 Å². The molecule has 0 fully saturated rings. The summed E-state index contributed by atoms with van der Waals surface area (Å²) in [5, 5.41) is 2.16. The highest BCUT2D eigenvalue weighted by Gasteiger charge is 2.37. The van der Waals surface area contributed by atoms with Crippen molar-refractivity contribution in [2.75, 3.05) is 10.8 Å². The van der Waals surface area contributed by atoms with Crippen LogP contribution in [0.4, 0.5) is 18.9 Å². The molecule has 0 unspecified atom stereocenters. The number of amides is 2. The molecule has 0 saturated carbocycles. The average molecular weight is 610 g/mol. The zero-order chi connectivity index (χ0) is 30.4. The molecule has 0 aliphatic rings. The van der Waals surface area contributed by atoms with Crippen molar-refractivity contribution >= 4 is 39.1 Å². The summed E-state index contributed by atoms with van der Waals surface area (Å²) in [7, 11) is -4.53. The number of nitrogens with zero attached hydrogens (tertiary/aromatic N) is 2. The summed E-state index contributed by atoms with van der Waals surface area (Å²) in [6.45, 7) is 4.34. The Morgan fingerprint density at radius 3 is 2.07 bits per heavy atom. The topological polar surface area (TPSA) is 86.8 Å². The minimum Gasteiger partial charge on any atom is -0.352 e. The number of rotatable bonds is 11. The van der Waals surface area contributed by atoms with Crippen LogP contribution in [-0.2, 0) is 32.3 Å². The molecule has 3 aromatic rings. The smallest absolute Gasteiger partial charge is 0.352 e. The molecule has 12 heteroatoms. The van der Waals surface area contributed by atoms with E-state index >= 15 is 0 Å². The normalized spacial score (nSPS) is 12.6. The zero-order valence-electron chi connectivity index (χ0n) is 22.7. The van der Waals surface area contributed by atoms with E-state index < -0.39 is 56.9 Å². The number of sulfonamides is 1. The third-order valence-electron chi connectivity index (χ3n) is 6.17. The molecule has 0 spiro atoms. The minimum absolute atomic E-state index is 0.0304. The van der Waals surface area contributed by atoms with Crippen molar-refractivity contribution in [1.29, 1.82) is 0 Å². The van der Waals surface area contributed by atoms with Gasteiger partial charge in [-0.05, 0) is 56.2 Å². The number of anilines is 1. The fraction of sp³-hybridized carbons (Fsp3) is 0.310.